The smallest absolute Gasteiger partial charge is 0.264 e. The van der Waals surface area contributed by atoms with Gasteiger partial charge in [0.15, 0.2) is 0 Å². The first kappa shape index (κ1) is 21.0. The molecule has 0 amide bonds. The Morgan fingerprint density at radius 3 is 2.48 bits per heavy atom. The molecule has 0 unspecified atom stereocenters. The molecule has 6 heteroatoms. The predicted octanol–water partition coefficient (Wildman–Crippen LogP) is 5.27. The van der Waals surface area contributed by atoms with Gasteiger partial charge in [-0.2, -0.15) is 0 Å². The summed E-state index contributed by atoms with van der Waals surface area (Å²) in [5, 5.41) is 0. The third-order valence-corrected chi connectivity index (χ3v) is 6.88. The number of hydrogen-bond acceptors (Lipinski definition) is 4. The lowest BCUT2D eigenvalue weighted by Gasteiger charge is -2.29. The quantitative estimate of drug-likeness (QED) is 0.529. The van der Waals surface area contributed by atoms with Crippen LogP contribution in [0.2, 0.25) is 0 Å². The van der Waals surface area contributed by atoms with Gasteiger partial charge in [-0.3, -0.25) is 4.31 Å². The van der Waals surface area contributed by atoms with Crippen LogP contribution in [0.5, 0.6) is 11.5 Å². The van der Waals surface area contributed by atoms with Gasteiger partial charge in [0.2, 0.25) is 0 Å². The van der Waals surface area contributed by atoms with Crippen molar-refractivity contribution in [1.29, 1.82) is 0 Å². The Hall–Kier alpha value is -3.25. The number of para-hydroxylation sites is 1. The first-order valence-electron chi connectivity index (χ1n) is 10.0. The van der Waals surface area contributed by atoms with Crippen molar-refractivity contribution in [2.75, 3.05) is 11.4 Å². The summed E-state index contributed by atoms with van der Waals surface area (Å²) in [6, 6.07) is 21.4. The zero-order chi connectivity index (χ0) is 22.1. The van der Waals surface area contributed by atoms with Crippen LogP contribution in [0.15, 0.2) is 83.8 Å². The van der Waals surface area contributed by atoms with E-state index in [1.54, 1.807) is 30.3 Å². The third-order valence-electron chi connectivity index (χ3n) is 5.11. The third kappa shape index (κ3) is 4.44. The number of ether oxygens (including phenoxy) is 2. The second kappa shape index (κ2) is 8.12. The molecule has 0 spiro atoms. The van der Waals surface area contributed by atoms with Crippen LogP contribution in [0.1, 0.15) is 25.0 Å². The normalized spacial score (nSPS) is 14.4. The van der Waals surface area contributed by atoms with E-state index in [1.807, 2.05) is 62.4 Å². The fourth-order valence-corrected chi connectivity index (χ4v) is 4.98. The lowest BCUT2D eigenvalue weighted by molar-refractivity contribution is 0.159. The monoisotopic (exact) mass is 435 g/mol. The highest BCUT2D eigenvalue weighted by molar-refractivity contribution is 7.92. The number of anilines is 1. The van der Waals surface area contributed by atoms with E-state index in [0.29, 0.717) is 11.4 Å². The summed E-state index contributed by atoms with van der Waals surface area (Å²) in [6.45, 7) is 4.18. The van der Waals surface area contributed by atoms with E-state index in [1.165, 1.54) is 17.5 Å². The maximum Gasteiger partial charge on any atom is 0.264 e. The molecule has 0 aliphatic carbocycles. The van der Waals surface area contributed by atoms with Gasteiger partial charge in [-0.15, -0.1) is 0 Å². The predicted molar refractivity (Wildman–Crippen MR) is 123 cm³/mol. The summed E-state index contributed by atoms with van der Waals surface area (Å²) in [5.41, 5.74) is 2.03. The Kier molecular flexibility index (Phi) is 5.50. The maximum absolute atomic E-state index is 13.6. The van der Waals surface area contributed by atoms with E-state index in [-0.39, 0.29) is 17.0 Å². The number of rotatable bonds is 6. The van der Waals surface area contributed by atoms with Crippen LogP contribution in [0.25, 0.3) is 6.08 Å². The lowest BCUT2D eigenvalue weighted by Crippen LogP contribution is -2.31. The maximum atomic E-state index is 13.6. The molecular weight excluding hydrogens is 410 g/mol. The molecule has 3 aromatic carbocycles. The molecule has 4 rings (SSSR count). The van der Waals surface area contributed by atoms with Crippen molar-refractivity contribution in [3.63, 3.8) is 0 Å². The number of methoxy groups -OCH3 is 1. The highest BCUT2D eigenvalue weighted by atomic mass is 32.2. The van der Waals surface area contributed by atoms with Gasteiger partial charge in [0.25, 0.3) is 10.0 Å². The molecule has 1 aliphatic heterocycles. The fraction of sp³-hybridized carbons (Fsp3) is 0.200. The molecular formula is C25H25NO4S. The highest BCUT2D eigenvalue weighted by Gasteiger charge is 2.27. The van der Waals surface area contributed by atoms with Crippen LogP contribution >= 0.6 is 0 Å². The van der Waals surface area contributed by atoms with Crippen LogP contribution < -0.4 is 13.8 Å². The zero-order valence-electron chi connectivity index (χ0n) is 17.8. The Labute approximate surface area is 183 Å². The van der Waals surface area contributed by atoms with Gasteiger partial charge in [0.05, 0.1) is 24.2 Å². The van der Waals surface area contributed by atoms with E-state index < -0.39 is 10.0 Å². The molecule has 1 heterocycles. The van der Waals surface area contributed by atoms with Gasteiger partial charge >= 0.3 is 0 Å². The Morgan fingerprint density at radius 1 is 0.968 bits per heavy atom. The number of hydrogen-bond donors (Lipinski definition) is 0. The summed E-state index contributed by atoms with van der Waals surface area (Å²) in [4.78, 5) is 0.179. The minimum absolute atomic E-state index is 0.179. The van der Waals surface area contributed by atoms with Crippen LogP contribution in [-0.2, 0) is 16.6 Å². The molecule has 0 saturated carbocycles. The van der Waals surface area contributed by atoms with Crippen LogP contribution in [0, 0.1) is 0 Å². The van der Waals surface area contributed by atoms with E-state index in [2.05, 4.69) is 0 Å². The molecule has 160 valence electrons. The van der Waals surface area contributed by atoms with Gasteiger partial charge in [-0.05, 0) is 61.9 Å². The lowest BCUT2D eigenvalue weighted by atomic mass is 10.0. The molecule has 0 bridgehead atoms. The van der Waals surface area contributed by atoms with Crippen molar-refractivity contribution in [2.45, 2.75) is 30.9 Å². The van der Waals surface area contributed by atoms with Gasteiger partial charge < -0.3 is 9.47 Å². The largest absolute Gasteiger partial charge is 0.497 e. The van der Waals surface area contributed by atoms with Crippen molar-refractivity contribution < 1.29 is 17.9 Å². The summed E-state index contributed by atoms with van der Waals surface area (Å²) in [5.74, 6) is 1.28. The summed E-state index contributed by atoms with van der Waals surface area (Å²) >= 11 is 0. The molecule has 5 nitrogen and oxygen atoms in total. The molecule has 0 fully saturated rings. The molecule has 0 saturated heterocycles. The fourth-order valence-electron chi connectivity index (χ4n) is 3.49. The number of nitrogens with zero attached hydrogens (tertiary/aromatic N) is 1. The van der Waals surface area contributed by atoms with Crippen molar-refractivity contribution in [3.05, 3.63) is 90.0 Å². The van der Waals surface area contributed by atoms with E-state index in [4.69, 9.17) is 9.47 Å². The first-order chi connectivity index (χ1) is 14.8. The molecule has 1 aliphatic rings. The average Bonchev–Trinajstić information content (AvgIpc) is 2.77. The summed E-state index contributed by atoms with van der Waals surface area (Å²) in [7, 11) is -2.30. The minimum Gasteiger partial charge on any atom is -0.497 e. The molecule has 3 aromatic rings. The number of sulfonamides is 1. The average molecular weight is 436 g/mol. The van der Waals surface area contributed by atoms with E-state index in [0.717, 1.165) is 16.9 Å². The minimum atomic E-state index is -3.82. The number of fused-ring (bicyclic) bond motifs is 1. The first-order valence-corrected chi connectivity index (χ1v) is 11.5. The Morgan fingerprint density at radius 2 is 1.74 bits per heavy atom. The van der Waals surface area contributed by atoms with Crippen LogP contribution in [0.3, 0.4) is 0 Å². The molecule has 0 atom stereocenters. The van der Waals surface area contributed by atoms with Crippen LogP contribution in [0.4, 0.5) is 5.69 Å². The van der Waals surface area contributed by atoms with Crippen LogP contribution in [-0.4, -0.2) is 21.1 Å². The summed E-state index contributed by atoms with van der Waals surface area (Å²) < 4.78 is 39.9. The van der Waals surface area contributed by atoms with Crippen molar-refractivity contribution in [2.24, 2.45) is 0 Å². The second-order valence-corrected chi connectivity index (χ2v) is 9.80. The summed E-state index contributed by atoms with van der Waals surface area (Å²) in [6.07, 6.45) is 4.02. The van der Waals surface area contributed by atoms with Gasteiger partial charge in [-0.1, -0.05) is 36.4 Å². The zero-order valence-corrected chi connectivity index (χ0v) is 18.6. The van der Waals surface area contributed by atoms with Crippen molar-refractivity contribution >= 4 is 21.8 Å². The molecule has 0 radical (unpaired) electrons. The van der Waals surface area contributed by atoms with Gasteiger partial charge in [-0.25, -0.2) is 8.42 Å². The van der Waals surface area contributed by atoms with Gasteiger partial charge in [0, 0.05) is 11.6 Å². The number of benzene rings is 3. The Bertz CT molecular complexity index is 1220. The van der Waals surface area contributed by atoms with Crippen molar-refractivity contribution in [1.82, 2.24) is 0 Å². The van der Waals surface area contributed by atoms with E-state index in [9.17, 15) is 8.42 Å². The topological polar surface area (TPSA) is 55.8 Å². The van der Waals surface area contributed by atoms with E-state index >= 15 is 0 Å². The van der Waals surface area contributed by atoms with Gasteiger partial charge in [0.1, 0.15) is 17.1 Å². The molecule has 31 heavy (non-hydrogen) atoms. The Balaban J connectivity index is 1.74. The standard InChI is InChI=1S/C25H25NO4S/c1-25(2)15-14-20-16-19(12-13-24(20)30-25)18-26(21-8-5-4-6-9-21)31(27,28)23-11-7-10-22(17-23)29-3/h4-17H,18H2,1-3H3. The molecule has 0 aromatic heterocycles. The van der Waals surface area contributed by atoms with Crippen molar-refractivity contribution in [3.8, 4) is 11.5 Å². The molecule has 0 N–H and O–H groups in total. The second-order valence-electron chi connectivity index (χ2n) is 7.94. The highest BCUT2D eigenvalue weighted by Crippen LogP contribution is 2.33. The SMILES string of the molecule is COc1cccc(S(=O)(=O)N(Cc2ccc3c(c2)C=CC(C)(C)O3)c2ccccc2)c1.